The Morgan fingerprint density at radius 3 is 2.70 bits per heavy atom. The molecule has 0 unspecified atom stereocenters. The Labute approximate surface area is 176 Å². The number of benzene rings is 1. The van der Waals surface area contributed by atoms with Crippen molar-refractivity contribution in [2.75, 3.05) is 6.61 Å². The van der Waals surface area contributed by atoms with Crippen molar-refractivity contribution in [1.82, 2.24) is 14.5 Å². The molecule has 0 radical (unpaired) electrons. The van der Waals surface area contributed by atoms with Crippen molar-refractivity contribution in [3.05, 3.63) is 86.2 Å². The lowest BCUT2D eigenvalue weighted by Crippen LogP contribution is -2.28. The predicted molar refractivity (Wildman–Crippen MR) is 114 cm³/mol. The maximum atomic E-state index is 13.2. The van der Waals surface area contributed by atoms with E-state index in [0.29, 0.717) is 16.9 Å². The summed E-state index contributed by atoms with van der Waals surface area (Å²) in [6.45, 7) is 1.89. The summed E-state index contributed by atoms with van der Waals surface area (Å²) in [7, 11) is 0. The molecular weight excluding hydrogens is 402 g/mol. The van der Waals surface area contributed by atoms with Crippen LogP contribution < -0.4 is 5.56 Å². The highest BCUT2D eigenvalue weighted by atomic mass is 32.1. The third kappa shape index (κ3) is 3.81. The van der Waals surface area contributed by atoms with E-state index in [1.807, 2.05) is 41.8 Å². The minimum atomic E-state index is -0.870. The number of hydrogen-bond donors (Lipinski definition) is 1. The summed E-state index contributed by atoms with van der Waals surface area (Å²) in [6, 6.07) is 11.7. The van der Waals surface area contributed by atoms with Gasteiger partial charge in [0.25, 0.3) is 5.56 Å². The third-order valence-electron chi connectivity index (χ3n) is 4.64. The van der Waals surface area contributed by atoms with Crippen molar-refractivity contribution in [1.29, 1.82) is 0 Å². The molecule has 0 saturated carbocycles. The van der Waals surface area contributed by atoms with Crippen molar-refractivity contribution in [2.24, 2.45) is 0 Å². The number of aromatic nitrogens is 3. The van der Waals surface area contributed by atoms with Gasteiger partial charge < -0.3 is 9.84 Å². The van der Waals surface area contributed by atoms with Gasteiger partial charge in [-0.25, -0.2) is 9.78 Å². The second-order valence-electron chi connectivity index (χ2n) is 6.63. The quantitative estimate of drug-likeness (QED) is 0.480. The average Bonchev–Trinajstić information content (AvgIpc) is 3.25. The van der Waals surface area contributed by atoms with Gasteiger partial charge in [0.1, 0.15) is 10.5 Å². The van der Waals surface area contributed by atoms with Crippen molar-refractivity contribution in [3.8, 4) is 5.75 Å². The van der Waals surface area contributed by atoms with Crippen LogP contribution in [0.1, 0.15) is 33.4 Å². The largest absolute Gasteiger partial charge is 0.505 e. The summed E-state index contributed by atoms with van der Waals surface area (Å²) in [5.74, 6) is -1.33. The summed E-state index contributed by atoms with van der Waals surface area (Å²) < 4.78 is 6.40. The average molecular weight is 421 g/mol. The topological polar surface area (TPSA) is 94.3 Å². The van der Waals surface area contributed by atoms with Crippen molar-refractivity contribution in [3.63, 3.8) is 0 Å². The van der Waals surface area contributed by atoms with Gasteiger partial charge in [0, 0.05) is 17.8 Å². The molecule has 1 N–H and O–H groups in total. The molecule has 8 heteroatoms. The van der Waals surface area contributed by atoms with Gasteiger partial charge in [0.15, 0.2) is 11.3 Å². The number of ether oxygens (including phenoxy) is 1. The zero-order valence-corrected chi connectivity index (χ0v) is 17.1. The molecule has 3 heterocycles. The smallest absolute Gasteiger partial charge is 0.347 e. The molecule has 4 rings (SSSR count). The van der Waals surface area contributed by atoms with Crippen LogP contribution in [-0.2, 0) is 17.7 Å². The highest BCUT2D eigenvalue weighted by Crippen LogP contribution is 2.27. The fourth-order valence-electron chi connectivity index (χ4n) is 3.29. The first-order chi connectivity index (χ1) is 14.6. The van der Waals surface area contributed by atoms with Crippen LogP contribution in [0.2, 0.25) is 0 Å². The molecule has 0 spiro atoms. The SMILES string of the molecule is CCOC(=O)c1c(O)c2ncc(Cc3ccccc3)cc2n(Cc2nccs2)c1=O. The predicted octanol–water partition coefficient (Wildman–Crippen LogP) is 3.37. The van der Waals surface area contributed by atoms with E-state index in [2.05, 4.69) is 9.97 Å². The Bertz CT molecular complexity index is 1250. The summed E-state index contributed by atoms with van der Waals surface area (Å²) in [4.78, 5) is 34.1. The number of rotatable bonds is 6. The molecule has 7 nitrogen and oxygen atoms in total. The van der Waals surface area contributed by atoms with E-state index in [1.165, 1.54) is 15.9 Å². The zero-order valence-electron chi connectivity index (χ0n) is 16.2. The molecule has 0 bridgehead atoms. The second-order valence-corrected chi connectivity index (χ2v) is 7.61. The molecule has 152 valence electrons. The Kier molecular flexibility index (Phi) is 5.58. The number of carbonyl (C=O) groups excluding carboxylic acids is 1. The van der Waals surface area contributed by atoms with Gasteiger partial charge in [-0.05, 0) is 30.5 Å². The number of aromatic hydroxyl groups is 1. The molecule has 0 aliphatic rings. The number of fused-ring (bicyclic) bond motifs is 1. The lowest BCUT2D eigenvalue weighted by Gasteiger charge is -2.14. The third-order valence-corrected chi connectivity index (χ3v) is 5.41. The van der Waals surface area contributed by atoms with Gasteiger partial charge in [-0.15, -0.1) is 11.3 Å². The van der Waals surface area contributed by atoms with Crippen LogP contribution in [0.3, 0.4) is 0 Å². The van der Waals surface area contributed by atoms with Crippen LogP contribution >= 0.6 is 11.3 Å². The van der Waals surface area contributed by atoms with E-state index in [9.17, 15) is 14.7 Å². The highest BCUT2D eigenvalue weighted by molar-refractivity contribution is 7.09. The Balaban J connectivity index is 1.90. The summed E-state index contributed by atoms with van der Waals surface area (Å²) in [5, 5.41) is 13.2. The van der Waals surface area contributed by atoms with E-state index in [1.54, 1.807) is 19.3 Å². The molecule has 30 heavy (non-hydrogen) atoms. The molecular formula is C22H19N3O4S. The monoisotopic (exact) mass is 421 g/mol. The maximum absolute atomic E-state index is 13.2. The van der Waals surface area contributed by atoms with Gasteiger partial charge in [0.2, 0.25) is 0 Å². The van der Waals surface area contributed by atoms with E-state index < -0.39 is 22.8 Å². The van der Waals surface area contributed by atoms with Crippen molar-refractivity contribution >= 4 is 28.3 Å². The van der Waals surface area contributed by atoms with Gasteiger partial charge in [-0.3, -0.25) is 14.3 Å². The minimum Gasteiger partial charge on any atom is -0.505 e. The standard InChI is InChI=1S/C22H19N3O4S/c1-2-29-22(28)18-20(26)19-16(25(21(18)27)13-17-23-8-9-30-17)11-15(12-24-19)10-14-6-4-3-5-7-14/h3-9,11-12,26H,2,10,13H2,1H3. The zero-order chi connectivity index (χ0) is 21.1. The van der Waals surface area contributed by atoms with E-state index in [-0.39, 0.29) is 18.7 Å². The Morgan fingerprint density at radius 1 is 1.20 bits per heavy atom. The number of pyridine rings is 2. The number of hydrogen-bond acceptors (Lipinski definition) is 7. The van der Waals surface area contributed by atoms with Gasteiger partial charge in [-0.2, -0.15) is 0 Å². The van der Waals surface area contributed by atoms with Gasteiger partial charge in [0.05, 0.1) is 18.7 Å². The van der Waals surface area contributed by atoms with Crippen LogP contribution in [0.5, 0.6) is 5.75 Å². The molecule has 4 aromatic rings. The lowest BCUT2D eigenvalue weighted by molar-refractivity contribution is 0.0520. The lowest BCUT2D eigenvalue weighted by atomic mass is 10.1. The fraction of sp³-hybridized carbons (Fsp3) is 0.182. The van der Waals surface area contributed by atoms with Crippen molar-refractivity contribution in [2.45, 2.75) is 19.9 Å². The Hall–Kier alpha value is -3.52. The van der Waals surface area contributed by atoms with E-state index in [4.69, 9.17) is 4.74 Å². The molecule has 0 saturated heterocycles. The first kappa shape index (κ1) is 19.8. The Morgan fingerprint density at radius 2 is 2.00 bits per heavy atom. The van der Waals surface area contributed by atoms with E-state index >= 15 is 0 Å². The van der Waals surface area contributed by atoms with Crippen LogP contribution in [0.15, 0.2) is 59.0 Å². The number of nitrogens with zero attached hydrogens (tertiary/aromatic N) is 3. The molecule has 1 aromatic carbocycles. The van der Waals surface area contributed by atoms with E-state index in [0.717, 1.165) is 11.1 Å². The normalized spacial score (nSPS) is 11.0. The minimum absolute atomic E-state index is 0.0890. The van der Waals surface area contributed by atoms with Gasteiger partial charge >= 0.3 is 5.97 Å². The van der Waals surface area contributed by atoms with Crippen LogP contribution in [0, 0.1) is 0 Å². The van der Waals surface area contributed by atoms with Crippen LogP contribution in [0.25, 0.3) is 11.0 Å². The number of esters is 1. The molecule has 0 atom stereocenters. The van der Waals surface area contributed by atoms with Crippen molar-refractivity contribution < 1.29 is 14.6 Å². The summed E-state index contributed by atoms with van der Waals surface area (Å²) >= 11 is 1.40. The molecule has 0 aliphatic carbocycles. The first-order valence-electron chi connectivity index (χ1n) is 9.42. The summed E-state index contributed by atoms with van der Waals surface area (Å²) in [5.41, 5.74) is 1.54. The molecule has 3 aromatic heterocycles. The molecule has 0 aliphatic heterocycles. The number of thiazole rings is 1. The maximum Gasteiger partial charge on any atom is 0.347 e. The summed E-state index contributed by atoms with van der Waals surface area (Å²) in [6.07, 6.45) is 3.91. The second kappa shape index (κ2) is 8.46. The molecule has 0 fully saturated rings. The fourth-order valence-corrected chi connectivity index (χ4v) is 3.89. The van der Waals surface area contributed by atoms with Crippen LogP contribution in [-0.4, -0.2) is 32.2 Å². The van der Waals surface area contributed by atoms with Crippen LogP contribution in [0.4, 0.5) is 0 Å². The first-order valence-corrected chi connectivity index (χ1v) is 10.3. The highest BCUT2D eigenvalue weighted by Gasteiger charge is 2.24. The van der Waals surface area contributed by atoms with Gasteiger partial charge in [-0.1, -0.05) is 30.3 Å². The number of carbonyl (C=O) groups is 1. The molecule has 0 amide bonds.